The number of phosphoric ester groups is 2. The zero-order valence-corrected chi connectivity index (χ0v) is 45.7. The van der Waals surface area contributed by atoms with E-state index in [2.05, 4.69) is 29.9 Å². The molecule has 12 atom stereocenters. The Morgan fingerprint density at radius 3 is 1.46 bits per heavy atom. The fourth-order valence-corrected chi connectivity index (χ4v) is 13.3. The van der Waals surface area contributed by atoms with Gasteiger partial charge in [-0.1, -0.05) is 23.2 Å². The van der Waals surface area contributed by atoms with Crippen LogP contribution in [0, 0.1) is 11.6 Å². The third-order valence-corrected chi connectivity index (χ3v) is 16.8. The molecule has 0 saturated carbocycles. The average Bonchev–Trinajstić information content (AvgIpc) is 4.43. The number of phosphoric acid groups is 2. The van der Waals surface area contributed by atoms with Crippen LogP contribution >= 0.6 is 38.8 Å². The fourth-order valence-electron chi connectivity index (χ4n) is 10.0. The highest BCUT2D eigenvalue weighted by Gasteiger charge is 2.66. The number of ether oxygens (including phenoxy) is 8. The number of hydrogen-bond acceptors (Lipinski definition) is 26. The van der Waals surface area contributed by atoms with Crippen LogP contribution in [0.3, 0.4) is 0 Å². The predicted molar refractivity (Wildman–Crippen MR) is 268 cm³/mol. The number of nitrogens with zero attached hydrogens (tertiary/aromatic N) is 8. The van der Waals surface area contributed by atoms with Crippen LogP contribution in [0.15, 0.2) is 49.1 Å². The lowest BCUT2D eigenvalue weighted by Gasteiger charge is -2.30. The Labute approximate surface area is 460 Å². The number of hydrogen-bond donors (Lipinski definition) is 2. The summed E-state index contributed by atoms with van der Waals surface area (Å²) in [6, 6.07) is 7.80. The van der Waals surface area contributed by atoms with Crippen molar-refractivity contribution in [1.29, 1.82) is 0 Å². The lowest BCUT2D eigenvalue weighted by Crippen LogP contribution is -2.42. The molecule has 6 fully saturated rings. The van der Waals surface area contributed by atoms with Crippen molar-refractivity contribution in [3.63, 3.8) is 0 Å². The van der Waals surface area contributed by atoms with Crippen LogP contribution in [-0.4, -0.2) is 127 Å². The lowest BCUT2D eigenvalue weighted by atomic mass is 9.96. The molecule has 6 saturated heterocycles. The number of imidazole rings is 2. The molecule has 80 heavy (non-hydrogen) atoms. The van der Waals surface area contributed by atoms with Crippen molar-refractivity contribution in [2.24, 2.45) is 0 Å². The average molecular weight is 1200 g/mol. The monoisotopic (exact) mass is 1200 g/mol. The quantitative estimate of drug-likeness (QED) is 0.0766. The van der Waals surface area contributed by atoms with Crippen molar-refractivity contribution in [1.82, 2.24) is 39.0 Å². The summed E-state index contributed by atoms with van der Waals surface area (Å²) in [5.74, 6) is -0.878. The standard InChI is InChI=1S/2C23H24ClFN5O9P/c2*1-3-33-19-16-18(28-21(26)29-19)30(10-27-16)20-23(2)17(37-22(31)38-23)15(36-20)9-35-40(32)34-5-4-14(39-40)11-6-12(24)8-13(25)7-11/h2*6-8,10,14-15,17,20H,3-5,9H2,1-2H3,(H2,26,28,29)/t14-,15+,17+,20+,23+,40+;14-,15-,17-,20-,23-,40+/m01/s1. The molecular formula is C46H48Cl2F2N10O18P2. The number of anilines is 2. The number of nitrogen functional groups attached to an aromatic ring is 2. The first-order valence-electron chi connectivity index (χ1n) is 24.6. The van der Waals surface area contributed by atoms with Crippen LogP contribution in [0.4, 0.5) is 30.3 Å². The van der Waals surface area contributed by atoms with Gasteiger partial charge in [-0.15, -0.1) is 0 Å². The number of carbonyl (C=O) groups excluding carboxylic acids is 2. The first-order valence-corrected chi connectivity index (χ1v) is 28.3. The van der Waals surface area contributed by atoms with Crippen LogP contribution in [0.25, 0.3) is 22.3 Å². The Bertz CT molecular complexity index is 3240. The molecule has 0 radical (unpaired) electrons. The third-order valence-electron chi connectivity index (χ3n) is 13.4. The molecule has 428 valence electrons. The number of aromatic nitrogens is 8. The van der Waals surface area contributed by atoms with E-state index in [1.165, 1.54) is 46.1 Å². The summed E-state index contributed by atoms with van der Waals surface area (Å²) in [4.78, 5) is 49.8. The van der Waals surface area contributed by atoms with Crippen molar-refractivity contribution >= 4 is 85.4 Å². The molecule has 0 aliphatic carbocycles. The topological polar surface area (TPSA) is 337 Å². The van der Waals surface area contributed by atoms with Crippen LogP contribution in [0.5, 0.6) is 11.8 Å². The van der Waals surface area contributed by atoms with E-state index in [0.29, 0.717) is 48.2 Å². The molecule has 6 aliphatic rings. The maximum Gasteiger partial charge on any atom is 0.509 e. The van der Waals surface area contributed by atoms with E-state index in [1.54, 1.807) is 27.7 Å². The summed E-state index contributed by atoms with van der Waals surface area (Å²) in [5.41, 5.74) is 11.0. The Hall–Kier alpha value is -6.14. The summed E-state index contributed by atoms with van der Waals surface area (Å²) in [7, 11) is -8.26. The molecule has 0 amide bonds. The second-order valence-corrected chi connectivity index (χ2v) is 22.9. The molecule has 12 rings (SSSR count). The summed E-state index contributed by atoms with van der Waals surface area (Å²) >= 11 is 11.9. The fraction of sp³-hybridized carbons (Fsp3) is 0.478. The maximum absolute atomic E-state index is 13.9. The summed E-state index contributed by atoms with van der Waals surface area (Å²) < 4.78 is 136. The van der Waals surface area contributed by atoms with Crippen LogP contribution in [0.2, 0.25) is 10.0 Å². The Morgan fingerprint density at radius 2 is 1.07 bits per heavy atom. The summed E-state index contributed by atoms with van der Waals surface area (Å²) in [6.45, 7) is 6.76. The van der Waals surface area contributed by atoms with Gasteiger partial charge < -0.3 is 49.4 Å². The van der Waals surface area contributed by atoms with Gasteiger partial charge >= 0.3 is 28.0 Å². The zero-order valence-electron chi connectivity index (χ0n) is 42.4. The Morgan fingerprint density at radius 1 is 0.662 bits per heavy atom. The van der Waals surface area contributed by atoms with Gasteiger partial charge in [-0.25, -0.2) is 37.5 Å². The van der Waals surface area contributed by atoms with Crippen LogP contribution < -0.4 is 20.9 Å². The molecule has 34 heteroatoms. The van der Waals surface area contributed by atoms with Gasteiger partial charge in [0.2, 0.25) is 23.7 Å². The molecular weight excluding hydrogens is 1150 g/mol. The molecule has 0 bridgehead atoms. The van der Waals surface area contributed by atoms with Gasteiger partial charge in [-0.05, 0) is 75.2 Å². The molecule has 0 unspecified atom stereocenters. The smallest absolute Gasteiger partial charge is 0.476 e. The maximum atomic E-state index is 13.9. The molecule has 10 heterocycles. The Balaban J connectivity index is 0.000000169. The van der Waals surface area contributed by atoms with Crippen molar-refractivity contribution in [3.05, 3.63) is 81.9 Å². The van der Waals surface area contributed by atoms with Crippen molar-refractivity contribution < 1.29 is 92.5 Å². The van der Waals surface area contributed by atoms with Crippen molar-refractivity contribution in [3.8, 4) is 11.8 Å². The van der Waals surface area contributed by atoms with Crippen LogP contribution in [-0.2, 0) is 64.7 Å². The van der Waals surface area contributed by atoms with Crippen molar-refractivity contribution in [2.45, 2.75) is 101 Å². The minimum atomic E-state index is -4.13. The summed E-state index contributed by atoms with van der Waals surface area (Å²) in [5, 5.41) is 0.335. The number of fused-ring (bicyclic) bond motifs is 4. The first kappa shape index (κ1) is 55.8. The van der Waals surface area contributed by atoms with Gasteiger partial charge in [-0.3, -0.25) is 36.3 Å². The van der Waals surface area contributed by atoms with Crippen LogP contribution in [0.1, 0.15) is 76.3 Å². The molecule has 28 nitrogen and oxygen atoms in total. The summed E-state index contributed by atoms with van der Waals surface area (Å²) in [6.07, 6.45) is -5.84. The molecule has 6 aromatic rings. The lowest BCUT2D eigenvalue weighted by molar-refractivity contribution is -0.0927. The van der Waals surface area contributed by atoms with E-state index in [4.69, 9.17) is 99.7 Å². The number of halogens is 4. The first-order chi connectivity index (χ1) is 38.2. The van der Waals surface area contributed by atoms with E-state index in [9.17, 15) is 27.5 Å². The second kappa shape index (κ2) is 21.6. The van der Waals surface area contributed by atoms with Gasteiger partial charge in [0.25, 0.3) is 0 Å². The highest BCUT2D eigenvalue weighted by molar-refractivity contribution is 7.48. The number of benzene rings is 2. The highest BCUT2D eigenvalue weighted by Crippen LogP contribution is 2.60. The Kier molecular flexibility index (Phi) is 15.1. The van der Waals surface area contributed by atoms with Gasteiger partial charge in [0.15, 0.2) is 58.2 Å². The molecule has 6 aliphatic heterocycles. The predicted octanol–water partition coefficient (Wildman–Crippen LogP) is 8.19. The van der Waals surface area contributed by atoms with E-state index >= 15 is 0 Å². The van der Waals surface area contributed by atoms with Gasteiger partial charge in [-0.2, -0.15) is 19.9 Å². The zero-order chi connectivity index (χ0) is 56.5. The molecule has 4 aromatic heterocycles. The number of rotatable bonds is 14. The third kappa shape index (κ3) is 10.7. The normalized spacial score (nSPS) is 31.6. The minimum absolute atomic E-state index is 0.0216. The second-order valence-electron chi connectivity index (χ2n) is 18.8. The number of nitrogens with two attached hydrogens (primary N) is 2. The van der Waals surface area contributed by atoms with E-state index in [0.717, 1.165) is 12.1 Å². The van der Waals surface area contributed by atoms with E-state index < -0.39 is 99.9 Å². The van der Waals surface area contributed by atoms with E-state index in [1.807, 2.05) is 0 Å². The molecule has 2 aromatic carbocycles. The van der Waals surface area contributed by atoms with Gasteiger partial charge in [0.1, 0.15) is 23.8 Å². The minimum Gasteiger partial charge on any atom is -0.476 e. The van der Waals surface area contributed by atoms with Gasteiger partial charge in [0.05, 0.1) is 64.5 Å². The molecule has 4 N–H and O–H groups in total. The largest absolute Gasteiger partial charge is 0.509 e. The molecule has 0 spiro atoms. The SMILES string of the molecule is CCOc1nc(N)nc2c1ncn2[C@@H]1O[C@H](CO[P@@]2(=O)OCC[C@@H](c3cc(F)cc(Cl)c3)O2)[C@H]2OC(=O)O[C@]21C.CCOc1nc(N)nc2c1ncn2[C@@H]1O[C@H](CO[P@]2(=O)OCC[C@H](c3cc(F)cc(Cl)c3)O2)[C@H]2OC(=O)O[C@]21C. The van der Waals surface area contributed by atoms with E-state index in [-0.39, 0.29) is 71.4 Å². The number of carbonyl (C=O) groups is 2. The highest BCUT2D eigenvalue weighted by atomic mass is 35.5. The van der Waals surface area contributed by atoms with Crippen molar-refractivity contribution in [2.75, 3.05) is 51.1 Å². The van der Waals surface area contributed by atoms with Gasteiger partial charge in [0, 0.05) is 22.9 Å².